The maximum atomic E-state index is 5.82. The molecule has 0 radical (unpaired) electrons. The first-order valence-electron chi connectivity index (χ1n) is 4.28. The summed E-state index contributed by atoms with van der Waals surface area (Å²) in [5.74, 6) is 2.05. The largest absolute Gasteiger partial charge is 0.313 e. The highest BCUT2D eigenvalue weighted by Crippen LogP contribution is 2.11. The molecule has 0 aromatic rings. The number of nitrogens with two attached hydrogens (primary N) is 2. The average molecular weight is 176 g/mol. The van der Waals surface area contributed by atoms with E-state index in [0.29, 0.717) is 0 Å². The molecule has 0 atom stereocenters. The summed E-state index contributed by atoms with van der Waals surface area (Å²) in [6, 6.07) is 0. The van der Waals surface area contributed by atoms with Gasteiger partial charge in [-0.2, -0.15) is 11.8 Å². The standard InChI is InChI=1S/C8H20N2S/c1-3-5-8(9,10)7-11-6-4-2/h3-7,9-10H2,1-2H3. The van der Waals surface area contributed by atoms with Crippen LogP contribution in [-0.2, 0) is 0 Å². The van der Waals surface area contributed by atoms with Crippen LogP contribution in [0.5, 0.6) is 0 Å². The van der Waals surface area contributed by atoms with Crippen LogP contribution in [0.15, 0.2) is 0 Å². The van der Waals surface area contributed by atoms with Gasteiger partial charge in [0.2, 0.25) is 0 Å². The Morgan fingerprint density at radius 3 is 2.27 bits per heavy atom. The molecule has 0 aromatic carbocycles. The summed E-state index contributed by atoms with van der Waals surface area (Å²) in [6.07, 6.45) is 3.19. The van der Waals surface area contributed by atoms with Gasteiger partial charge in [0.25, 0.3) is 0 Å². The molecule has 0 aliphatic heterocycles. The lowest BCUT2D eigenvalue weighted by molar-refractivity contribution is 0.453. The highest BCUT2D eigenvalue weighted by atomic mass is 32.2. The van der Waals surface area contributed by atoms with Crippen LogP contribution < -0.4 is 11.5 Å². The molecular formula is C8H20N2S. The van der Waals surface area contributed by atoms with Crippen molar-refractivity contribution in [3.63, 3.8) is 0 Å². The van der Waals surface area contributed by atoms with Gasteiger partial charge in [0.15, 0.2) is 0 Å². The third-order valence-electron chi connectivity index (χ3n) is 1.43. The monoisotopic (exact) mass is 176 g/mol. The normalized spacial score (nSPS) is 12.0. The van der Waals surface area contributed by atoms with Crippen LogP contribution in [0.3, 0.4) is 0 Å². The Labute approximate surface area is 74.1 Å². The van der Waals surface area contributed by atoms with E-state index in [9.17, 15) is 0 Å². The maximum absolute atomic E-state index is 5.82. The van der Waals surface area contributed by atoms with Gasteiger partial charge in [-0.15, -0.1) is 0 Å². The van der Waals surface area contributed by atoms with Crippen molar-refractivity contribution in [2.24, 2.45) is 11.5 Å². The zero-order chi connectivity index (χ0) is 8.74. The topological polar surface area (TPSA) is 52.0 Å². The zero-order valence-corrected chi connectivity index (χ0v) is 8.41. The van der Waals surface area contributed by atoms with Gasteiger partial charge in [0, 0.05) is 5.75 Å². The second-order valence-electron chi connectivity index (χ2n) is 3.04. The predicted octanol–water partition coefficient (Wildman–Crippen LogP) is 1.54. The molecule has 0 aromatic heterocycles. The van der Waals surface area contributed by atoms with Crippen molar-refractivity contribution in [3.05, 3.63) is 0 Å². The van der Waals surface area contributed by atoms with Crippen LogP contribution in [0.1, 0.15) is 33.1 Å². The number of hydrogen-bond acceptors (Lipinski definition) is 3. The summed E-state index contributed by atoms with van der Waals surface area (Å²) in [6.45, 7) is 4.28. The molecule has 0 fully saturated rings. The van der Waals surface area contributed by atoms with Crippen LogP contribution in [0.25, 0.3) is 0 Å². The molecule has 0 heterocycles. The summed E-state index contributed by atoms with van der Waals surface area (Å²) in [5, 5.41) is 0. The lowest BCUT2D eigenvalue weighted by Crippen LogP contribution is -2.51. The van der Waals surface area contributed by atoms with E-state index >= 15 is 0 Å². The van der Waals surface area contributed by atoms with Gasteiger partial charge in [-0.1, -0.05) is 20.3 Å². The first kappa shape index (κ1) is 11.3. The van der Waals surface area contributed by atoms with Crippen LogP contribution in [0.4, 0.5) is 0 Å². The molecule has 4 N–H and O–H groups in total. The van der Waals surface area contributed by atoms with Gasteiger partial charge in [-0.3, -0.25) is 0 Å². The summed E-state index contributed by atoms with van der Waals surface area (Å²) in [5.41, 5.74) is 11.2. The second-order valence-corrected chi connectivity index (χ2v) is 4.14. The number of rotatable bonds is 6. The molecule has 68 valence electrons. The van der Waals surface area contributed by atoms with E-state index in [2.05, 4.69) is 13.8 Å². The van der Waals surface area contributed by atoms with Crippen molar-refractivity contribution in [2.45, 2.75) is 38.8 Å². The van der Waals surface area contributed by atoms with Gasteiger partial charge >= 0.3 is 0 Å². The molecule has 0 saturated carbocycles. The van der Waals surface area contributed by atoms with Gasteiger partial charge in [-0.05, 0) is 18.6 Å². The summed E-state index contributed by atoms with van der Waals surface area (Å²) in [7, 11) is 0. The van der Waals surface area contributed by atoms with E-state index in [-0.39, 0.29) is 0 Å². The molecule has 0 saturated heterocycles. The van der Waals surface area contributed by atoms with Gasteiger partial charge in [0.05, 0.1) is 5.66 Å². The number of hydrogen-bond donors (Lipinski definition) is 2. The Kier molecular flexibility index (Phi) is 6.01. The predicted molar refractivity (Wildman–Crippen MR) is 53.6 cm³/mol. The highest BCUT2D eigenvalue weighted by Gasteiger charge is 2.16. The van der Waals surface area contributed by atoms with Crippen LogP contribution in [0.2, 0.25) is 0 Å². The van der Waals surface area contributed by atoms with Crippen LogP contribution in [0, 0.1) is 0 Å². The van der Waals surface area contributed by atoms with Gasteiger partial charge in [0.1, 0.15) is 0 Å². The lowest BCUT2D eigenvalue weighted by Gasteiger charge is -2.23. The van der Waals surface area contributed by atoms with Crippen molar-refractivity contribution >= 4 is 11.8 Å². The summed E-state index contributed by atoms with van der Waals surface area (Å²) < 4.78 is 0. The third kappa shape index (κ3) is 6.66. The molecular weight excluding hydrogens is 156 g/mol. The SMILES string of the molecule is CCCSCC(N)(N)CCC. The van der Waals surface area contributed by atoms with Crippen molar-refractivity contribution in [2.75, 3.05) is 11.5 Å². The molecule has 0 aliphatic rings. The quantitative estimate of drug-likeness (QED) is 0.477. The van der Waals surface area contributed by atoms with Crippen LogP contribution >= 0.6 is 11.8 Å². The zero-order valence-electron chi connectivity index (χ0n) is 7.60. The third-order valence-corrected chi connectivity index (χ3v) is 2.87. The van der Waals surface area contributed by atoms with E-state index < -0.39 is 5.66 Å². The minimum atomic E-state index is -0.436. The molecule has 3 heteroatoms. The molecule has 0 rings (SSSR count). The molecule has 0 bridgehead atoms. The fraction of sp³-hybridized carbons (Fsp3) is 1.00. The minimum Gasteiger partial charge on any atom is -0.313 e. The Morgan fingerprint density at radius 2 is 1.82 bits per heavy atom. The van der Waals surface area contributed by atoms with Crippen molar-refractivity contribution < 1.29 is 0 Å². The smallest absolute Gasteiger partial charge is 0.0729 e. The Hall–Kier alpha value is 0.270. The summed E-state index contributed by atoms with van der Waals surface area (Å²) >= 11 is 1.85. The Morgan fingerprint density at radius 1 is 1.18 bits per heavy atom. The van der Waals surface area contributed by atoms with Gasteiger partial charge < -0.3 is 11.5 Å². The number of thioether (sulfide) groups is 1. The fourth-order valence-corrected chi connectivity index (χ4v) is 1.90. The van der Waals surface area contributed by atoms with Gasteiger partial charge in [-0.25, -0.2) is 0 Å². The highest BCUT2D eigenvalue weighted by molar-refractivity contribution is 7.99. The average Bonchev–Trinajstić information content (AvgIpc) is 1.87. The lowest BCUT2D eigenvalue weighted by atomic mass is 10.1. The molecule has 2 nitrogen and oxygen atoms in total. The first-order valence-corrected chi connectivity index (χ1v) is 5.43. The van der Waals surface area contributed by atoms with Crippen molar-refractivity contribution in [1.82, 2.24) is 0 Å². The van der Waals surface area contributed by atoms with Crippen LogP contribution in [-0.4, -0.2) is 17.2 Å². The molecule has 0 spiro atoms. The second kappa shape index (κ2) is 5.86. The van der Waals surface area contributed by atoms with E-state index in [1.54, 1.807) is 0 Å². The van der Waals surface area contributed by atoms with Crippen molar-refractivity contribution in [1.29, 1.82) is 0 Å². The molecule has 0 amide bonds. The van der Waals surface area contributed by atoms with E-state index in [1.165, 1.54) is 12.2 Å². The fourth-order valence-electron chi connectivity index (χ4n) is 0.944. The summed E-state index contributed by atoms with van der Waals surface area (Å²) in [4.78, 5) is 0. The molecule has 11 heavy (non-hydrogen) atoms. The molecule has 0 aliphatic carbocycles. The van der Waals surface area contributed by atoms with E-state index in [4.69, 9.17) is 11.5 Å². The maximum Gasteiger partial charge on any atom is 0.0729 e. The Bertz CT molecular complexity index is 94.1. The van der Waals surface area contributed by atoms with E-state index in [0.717, 1.165) is 18.6 Å². The van der Waals surface area contributed by atoms with Crippen molar-refractivity contribution in [3.8, 4) is 0 Å². The molecule has 0 unspecified atom stereocenters. The minimum absolute atomic E-state index is 0.436. The van der Waals surface area contributed by atoms with E-state index in [1.807, 2.05) is 11.8 Å². The Balaban J connectivity index is 3.38. The first-order chi connectivity index (χ1) is 5.12.